The summed E-state index contributed by atoms with van der Waals surface area (Å²) in [7, 11) is 0. The van der Waals surface area contributed by atoms with Crippen LogP contribution in [0.1, 0.15) is 157 Å². The largest absolute Gasteiger partial charge is 0.490 e. The van der Waals surface area contributed by atoms with Gasteiger partial charge in [-0.25, -0.2) is 4.79 Å². The molecule has 2 saturated heterocycles. The number of aliphatic carboxylic acids is 1. The molecule has 0 radical (unpaired) electrons. The Kier molecular flexibility index (Phi) is 12.0. The minimum absolute atomic E-state index is 0.0340. The molecule has 8 rings (SSSR count). The number of halogens is 3. The van der Waals surface area contributed by atoms with Gasteiger partial charge in [0.1, 0.15) is 0 Å². The average Bonchev–Trinajstić information content (AvgIpc) is 3.92. The first kappa shape index (κ1) is 39.8. The van der Waals surface area contributed by atoms with Crippen LogP contribution in [0.2, 0.25) is 0 Å². The standard InChI is InChI=1S/C42H58N4O2.C2HF3O2/c1-42(2,41(48)44-31-17-13-29(14-18-31)24-26-46-38-21-22-39(46)35-10-6-5-9-34(35)38)27-40(47)43-30-15-11-28(12-16-30)23-25-45-36-19-20-37(45)33-8-4-3-7-32(33)36;3-2(4,5)1(6)7/h3-10,28-31,36-39H,11-27H2,1-2H3,(H,43,47)(H,44,48);(H,6,7)/t28?,29?,30?,31?,36-,37?,38-,39+;/m1./s1. The fraction of sp³-hybridized carbons (Fsp3) is 0.659. The van der Waals surface area contributed by atoms with Crippen molar-refractivity contribution in [3.8, 4) is 0 Å². The van der Waals surface area contributed by atoms with Crippen molar-refractivity contribution < 1.29 is 32.7 Å². The Morgan fingerprint density at radius 1 is 0.618 bits per heavy atom. The predicted molar refractivity (Wildman–Crippen MR) is 205 cm³/mol. The molecule has 55 heavy (non-hydrogen) atoms. The first-order valence-corrected chi connectivity index (χ1v) is 20.9. The molecule has 6 aliphatic rings. The van der Waals surface area contributed by atoms with E-state index in [1.54, 1.807) is 22.3 Å². The van der Waals surface area contributed by atoms with Crippen LogP contribution in [0.15, 0.2) is 48.5 Å². The summed E-state index contributed by atoms with van der Waals surface area (Å²) in [6, 6.07) is 21.2. The van der Waals surface area contributed by atoms with Crippen molar-refractivity contribution in [1.82, 2.24) is 20.4 Å². The Morgan fingerprint density at radius 2 is 0.964 bits per heavy atom. The van der Waals surface area contributed by atoms with Crippen molar-refractivity contribution in [1.29, 1.82) is 0 Å². The molecule has 0 spiro atoms. The highest BCUT2D eigenvalue weighted by Crippen LogP contribution is 2.54. The molecular weight excluding hydrogens is 706 g/mol. The number of carbonyl (C=O) groups is 3. The zero-order valence-corrected chi connectivity index (χ0v) is 32.5. The zero-order valence-electron chi connectivity index (χ0n) is 32.5. The van der Waals surface area contributed by atoms with E-state index in [2.05, 4.69) is 69.0 Å². The van der Waals surface area contributed by atoms with E-state index < -0.39 is 17.6 Å². The van der Waals surface area contributed by atoms with Gasteiger partial charge >= 0.3 is 12.1 Å². The minimum atomic E-state index is -5.08. The molecule has 2 aromatic carbocycles. The van der Waals surface area contributed by atoms with E-state index in [9.17, 15) is 22.8 Å². The van der Waals surface area contributed by atoms with Gasteiger partial charge < -0.3 is 15.7 Å². The summed E-state index contributed by atoms with van der Waals surface area (Å²) in [6.45, 7) is 6.28. The van der Waals surface area contributed by atoms with Crippen LogP contribution in [-0.2, 0) is 14.4 Å². The average molecular weight is 765 g/mol. The second-order valence-electron chi connectivity index (χ2n) is 17.9. The maximum Gasteiger partial charge on any atom is 0.490 e. The van der Waals surface area contributed by atoms with Gasteiger partial charge in [0.25, 0.3) is 0 Å². The fourth-order valence-electron chi connectivity index (χ4n) is 10.9. The molecule has 4 atom stereocenters. The molecule has 0 aromatic heterocycles. The van der Waals surface area contributed by atoms with Gasteiger partial charge in [-0.1, -0.05) is 62.4 Å². The van der Waals surface area contributed by atoms with E-state index in [4.69, 9.17) is 9.90 Å². The number of rotatable bonds is 11. The maximum atomic E-state index is 13.4. The molecule has 2 amide bonds. The third-order valence-electron chi connectivity index (χ3n) is 13.9. The summed E-state index contributed by atoms with van der Waals surface area (Å²) < 4.78 is 31.7. The van der Waals surface area contributed by atoms with Crippen LogP contribution in [-0.4, -0.2) is 64.0 Å². The van der Waals surface area contributed by atoms with Crippen LogP contribution < -0.4 is 10.6 Å². The highest BCUT2D eigenvalue weighted by Gasteiger charge is 2.45. The van der Waals surface area contributed by atoms with E-state index in [-0.39, 0.29) is 30.3 Å². The number of benzene rings is 2. The Bertz CT molecular complexity index is 1620. The molecule has 4 heterocycles. The molecular formula is C44H59F3N4O4. The summed E-state index contributed by atoms with van der Waals surface area (Å²) in [5, 5.41) is 13.8. The molecule has 300 valence electrons. The Morgan fingerprint density at radius 3 is 1.31 bits per heavy atom. The Hall–Kier alpha value is -3.44. The maximum absolute atomic E-state index is 13.4. The van der Waals surface area contributed by atoms with Crippen molar-refractivity contribution in [3.05, 3.63) is 70.8 Å². The number of amides is 2. The second-order valence-corrected chi connectivity index (χ2v) is 17.9. The first-order chi connectivity index (χ1) is 26.3. The summed E-state index contributed by atoms with van der Waals surface area (Å²) in [4.78, 5) is 41.0. The number of nitrogens with one attached hydrogen (secondary N) is 2. The van der Waals surface area contributed by atoms with Gasteiger partial charge in [0.05, 0.1) is 5.41 Å². The van der Waals surface area contributed by atoms with Crippen molar-refractivity contribution in [2.45, 2.75) is 153 Å². The highest BCUT2D eigenvalue weighted by molar-refractivity contribution is 5.88. The van der Waals surface area contributed by atoms with Gasteiger partial charge in [0.2, 0.25) is 11.8 Å². The number of nitrogens with zero attached hydrogens (tertiary/aromatic N) is 2. The molecule has 8 nitrogen and oxygen atoms in total. The van der Waals surface area contributed by atoms with Crippen LogP contribution in [0.3, 0.4) is 0 Å². The molecule has 11 heteroatoms. The number of carboxylic acids is 1. The molecule has 4 aliphatic heterocycles. The summed E-state index contributed by atoms with van der Waals surface area (Å²) in [5.41, 5.74) is 5.60. The summed E-state index contributed by atoms with van der Waals surface area (Å²) in [5.74, 6) is -1.18. The van der Waals surface area contributed by atoms with E-state index >= 15 is 0 Å². The fourth-order valence-corrected chi connectivity index (χ4v) is 10.9. The van der Waals surface area contributed by atoms with Gasteiger partial charge in [0.15, 0.2) is 0 Å². The summed E-state index contributed by atoms with van der Waals surface area (Å²) >= 11 is 0. The van der Waals surface area contributed by atoms with Crippen LogP contribution in [0, 0.1) is 17.3 Å². The smallest absolute Gasteiger partial charge is 0.475 e. The molecule has 2 aliphatic carbocycles. The number of hydrogen-bond acceptors (Lipinski definition) is 5. The topological polar surface area (TPSA) is 102 Å². The lowest BCUT2D eigenvalue weighted by atomic mass is 9.82. The Labute approximate surface area is 324 Å². The first-order valence-electron chi connectivity index (χ1n) is 20.9. The van der Waals surface area contributed by atoms with Crippen LogP contribution in [0.25, 0.3) is 0 Å². The Balaban J connectivity index is 0.000000609. The SMILES string of the molecule is CC(C)(CC(=O)NC1CCC(CCN2C3CC[C@@H]2c2ccccc23)CC1)C(=O)NC1CCC(CCN2[C@@H]3CC[C@H]2c2ccccc23)CC1.O=C(O)C(F)(F)F. The lowest BCUT2D eigenvalue weighted by Crippen LogP contribution is -2.47. The van der Waals surface area contributed by atoms with E-state index in [1.165, 1.54) is 77.3 Å². The van der Waals surface area contributed by atoms with Gasteiger partial charge in [0, 0.05) is 42.7 Å². The molecule has 1 unspecified atom stereocenters. The number of fused-ring (bicyclic) bond motifs is 10. The number of carboxylic acid groups (broad SMARTS) is 1. The van der Waals surface area contributed by atoms with E-state index in [0.717, 1.165) is 37.5 Å². The van der Waals surface area contributed by atoms with E-state index in [0.29, 0.717) is 24.2 Å². The highest BCUT2D eigenvalue weighted by atomic mass is 19.4. The van der Waals surface area contributed by atoms with Gasteiger partial charge in [-0.2, -0.15) is 13.2 Å². The number of carbonyl (C=O) groups excluding carboxylic acids is 2. The van der Waals surface area contributed by atoms with Gasteiger partial charge in [-0.15, -0.1) is 0 Å². The molecule has 4 fully saturated rings. The summed E-state index contributed by atoms with van der Waals surface area (Å²) in [6.07, 6.45) is 12.0. The zero-order chi connectivity index (χ0) is 38.9. The van der Waals surface area contributed by atoms with Crippen molar-refractivity contribution in [2.24, 2.45) is 17.3 Å². The van der Waals surface area contributed by atoms with E-state index in [1.807, 2.05) is 13.8 Å². The predicted octanol–water partition coefficient (Wildman–Crippen LogP) is 8.95. The van der Waals surface area contributed by atoms with Gasteiger partial charge in [-0.05, 0) is 137 Å². The van der Waals surface area contributed by atoms with Crippen LogP contribution in [0.4, 0.5) is 13.2 Å². The monoisotopic (exact) mass is 764 g/mol. The third kappa shape index (κ3) is 8.93. The number of hydrogen-bond donors (Lipinski definition) is 3. The number of alkyl halides is 3. The molecule has 2 saturated carbocycles. The lowest BCUT2D eigenvalue weighted by molar-refractivity contribution is -0.192. The van der Waals surface area contributed by atoms with Gasteiger partial charge in [-0.3, -0.25) is 19.4 Å². The molecule has 4 bridgehead atoms. The second kappa shape index (κ2) is 16.6. The quantitative estimate of drug-likeness (QED) is 0.211. The minimum Gasteiger partial charge on any atom is -0.475 e. The lowest BCUT2D eigenvalue weighted by Gasteiger charge is -2.34. The molecule has 3 N–H and O–H groups in total. The van der Waals surface area contributed by atoms with Crippen LogP contribution in [0.5, 0.6) is 0 Å². The van der Waals surface area contributed by atoms with Crippen molar-refractivity contribution in [2.75, 3.05) is 13.1 Å². The molecule has 2 aromatic rings. The van der Waals surface area contributed by atoms with Crippen LogP contribution >= 0.6 is 0 Å². The normalized spacial score (nSPS) is 29.9. The van der Waals surface area contributed by atoms with Crippen molar-refractivity contribution in [3.63, 3.8) is 0 Å². The third-order valence-corrected chi connectivity index (χ3v) is 13.9. The van der Waals surface area contributed by atoms with Crippen molar-refractivity contribution >= 4 is 17.8 Å².